The van der Waals surface area contributed by atoms with E-state index in [1.165, 1.54) is 0 Å². The van der Waals surface area contributed by atoms with Gasteiger partial charge in [-0.05, 0) is 44.2 Å². The summed E-state index contributed by atoms with van der Waals surface area (Å²) in [5.41, 5.74) is 0.751. The van der Waals surface area contributed by atoms with Crippen molar-refractivity contribution in [1.29, 1.82) is 0 Å². The van der Waals surface area contributed by atoms with E-state index in [-0.39, 0.29) is 17.2 Å². The highest BCUT2D eigenvalue weighted by atomic mass is 16.5. The minimum atomic E-state index is -0.00203. The van der Waals surface area contributed by atoms with Crippen LogP contribution in [0.5, 0.6) is 0 Å². The Labute approximate surface area is 150 Å². The molecule has 1 amide bonds. The number of carbonyl (C=O) groups excluding carboxylic acids is 2. The van der Waals surface area contributed by atoms with Gasteiger partial charge in [0.25, 0.3) is 0 Å². The molecule has 1 atom stereocenters. The summed E-state index contributed by atoms with van der Waals surface area (Å²) in [6.07, 6.45) is 3.66. The van der Waals surface area contributed by atoms with Gasteiger partial charge >= 0.3 is 0 Å². The van der Waals surface area contributed by atoms with Crippen molar-refractivity contribution < 1.29 is 14.1 Å². The molecule has 6 heteroatoms. The molecule has 0 aliphatic carbocycles. The van der Waals surface area contributed by atoms with Crippen LogP contribution in [0.3, 0.4) is 0 Å². The van der Waals surface area contributed by atoms with E-state index >= 15 is 0 Å². The number of aryl methyl sites for hydroxylation is 1. The predicted octanol–water partition coefficient (Wildman–Crippen LogP) is 2.56. The number of piperidine rings is 1. The van der Waals surface area contributed by atoms with Gasteiger partial charge in [-0.15, -0.1) is 0 Å². The third-order valence-electron chi connectivity index (χ3n) is 5.06. The number of aromatic nitrogens is 1. The lowest BCUT2D eigenvalue weighted by atomic mass is 9.81. The van der Waals surface area contributed by atoms with Crippen LogP contribution in [0, 0.1) is 24.2 Å². The highest BCUT2D eigenvalue weighted by molar-refractivity contribution is 5.76. The zero-order chi connectivity index (χ0) is 18.4. The molecule has 0 saturated carbocycles. The second kappa shape index (κ2) is 8.61. The molecule has 2 heterocycles. The molecular weight excluding hydrogens is 318 g/mol. The molecule has 6 nitrogen and oxygen atoms in total. The first kappa shape index (κ1) is 19.6. The summed E-state index contributed by atoms with van der Waals surface area (Å²) >= 11 is 0. The molecule has 1 unspecified atom stereocenters. The van der Waals surface area contributed by atoms with Crippen LogP contribution in [0.4, 0.5) is 0 Å². The van der Waals surface area contributed by atoms with E-state index in [0.29, 0.717) is 18.9 Å². The molecule has 1 aliphatic rings. The highest BCUT2D eigenvalue weighted by Gasteiger charge is 2.28. The maximum absolute atomic E-state index is 12.1. The second-order valence-corrected chi connectivity index (χ2v) is 8.26. The Balaban J connectivity index is 1.69. The summed E-state index contributed by atoms with van der Waals surface area (Å²) in [6.45, 7) is 11.3. The van der Waals surface area contributed by atoms with E-state index in [1.54, 1.807) is 0 Å². The van der Waals surface area contributed by atoms with Crippen molar-refractivity contribution >= 4 is 12.2 Å². The first-order valence-corrected chi connectivity index (χ1v) is 9.14. The number of likely N-dealkylation sites (tertiary alicyclic amines) is 1. The molecular formula is C19H31N3O3. The molecule has 2 rings (SSSR count). The summed E-state index contributed by atoms with van der Waals surface area (Å²) < 4.78 is 4.99. The molecule has 0 spiro atoms. The lowest BCUT2D eigenvalue weighted by molar-refractivity contribution is -0.122. The van der Waals surface area contributed by atoms with Gasteiger partial charge in [-0.1, -0.05) is 25.9 Å². The van der Waals surface area contributed by atoms with Gasteiger partial charge in [0, 0.05) is 24.9 Å². The molecule has 1 fully saturated rings. The Morgan fingerprint density at radius 3 is 2.64 bits per heavy atom. The third kappa shape index (κ3) is 6.27. The number of aldehydes is 1. The van der Waals surface area contributed by atoms with Gasteiger partial charge in [-0.25, -0.2) is 0 Å². The molecule has 1 aliphatic heterocycles. The minimum Gasteiger partial charge on any atom is -0.361 e. The number of nitrogens with one attached hydrogen (secondary N) is 1. The Morgan fingerprint density at radius 2 is 2.12 bits per heavy atom. The van der Waals surface area contributed by atoms with Gasteiger partial charge < -0.3 is 19.5 Å². The van der Waals surface area contributed by atoms with Crippen molar-refractivity contribution in [2.24, 2.45) is 17.3 Å². The molecule has 1 saturated heterocycles. The van der Waals surface area contributed by atoms with Crippen LogP contribution in [-0.2, 0) is 16.1 Å². The van der Waals surface area contributed by atoms with E-state index < -0.39 is 0 Å². The Kier molecular flexibility index (Phi) is 6.76. The largest absolute Gasteiger partial charge is 0.361 e. The molecule has 1 aromatic rings. The van der Waals surface area contributed by atoms with Crippen molar-refractivity contribution in [3.63, 3.8) is 0 Å². The standard InChI is InChI=1S/C19H31N3O3/c1-14-9-17(21-25-14)11-20-18(24)10-15-5-7-22(8-6-15)12-16(13-23)19(2,3)4/h9,13,15-16H,5-8,10-12H2,1-4H3,(H,20,24). The fraction of sp³-hybridized carbons (Fsp3) is 0.737. The van der Waals surface area contributed by atoms with Crippen LogP contribution in [0.2, 0.25) is 0 Å². The van der Waals surface area contributed by atoms with E-state index in [4.69, 9.17) is 4.52 Å². The molecule has 0 bridgehead atoms. The van der Waals surface area contributed by atoms with E-state index in [9.17, 15) is 9.59 Å². The zero-order valence-corrected chi connectivity index (χ0v) is 15.9. The monoisotopic (exact) mass is 349 g/mol. The minimum absolute atomic E-state index is 0.00203. The van der Waals surface area contributed by atoms with E-state index in [1.807, 2.05) is 13.0 Å². The molecule has 0 aromatic carbocycles. The number of carbonyl (C=O) groups is 2. The Hall–Kier alpha value is -1.69. The SMILES string of the molecule is Cc1cc(CNC(=O)CC2CCN(CC(C=O)C(C)(C)C)CC2)no1. The molecule has 140 valence electrons. The average molecular weight is 349 g/mol. The summed E-state index contributed by atoms with van der Waals surface area (Å²) in [6, 6.07) is 1.83. The van der Waals surface area contributed by atoms with Gasteiger partial charge in [0.2, 0.25) is 5.91 Å². The average Bonchev–Trinajstić information content (AvgIpc) is 2.96. The number of hydrogen-bond acceptors (Lipinski definition) is 5. The molecule has 0 radical (unpaired) electrons. The molecule has 1 aromatic heterocycles. The van der Waals surface area contributed by atoms with Crippen molar-refractivity contribution in [2.75, 3.05) is 19.6 Å². The van der Waals surface area contributed by atoms with Crippen LogP contribution >= 0.6 is 0 Å². The van der Waals surface area contributed by atoms with Gasteiger partial charge in [-0.2, -0.15) is 0 Å². The van der Waals surface area contributed by atoms with Crippen molar-refractivity contribution in [3.8, 4) is 0 Å². The highest BCUT2D eigenvalue weighted by Crippen LogP contribution is 2.27. The molecule has 25 heavy (non-hydrogen) atoms. The Morgan fingerprint density at radius 1 is 1.44 bits per heavy atom. The lowest BCUT2D eigenvalue weighted by Gasteiger charge is -2.36. The first-order chi connectivity index (χ1) is 11.8. The second-order valence-electron chi connectivity index (χ2n) is 8.26. The first-order valence-electron chi connectivity index (χ1n) is 9.14. The number of amides is 1. The maximum Gasteiger partial charge on any atom is 0.220 e. The summed E-state index contributed by atoms with van der Waals surface area (Å²) in [4.78, 5) is 25.8. The smallest absolute Gasteiger partial charge is 0.220 e. The van der Waals surface area contributed by atoms with Gasteiger partial charge in [0.1, 0.15) is 17.7 Å². The van der Waals surface area contributed by atoms with Crippen molar-refractivity contribution in [3.05, 3.63) is 17.5 Å². The normalized spacial score (nSPS) is 18.1. The van der Waals surface area contributed by atoms with Crippen LogP contribution in [0.25, 0.3) is 0 Å². The van der Waals surface area contributed by atoms with Crippen LogP contribution in [0.1, 0.15) is 51.5 Å². The quantitative estimate of drug-likeness (QED) is 0.766. The zero-order valence-electron chi connectivity index (χ0n) is 15.9. The van der Waals surface area contributed by atoms with E-state index in [0.717, 1.165) is 50.2 Å². The fourth-order valence-corrected chi connectivity index (χ4v) is 3.20. The third-order valence-corrected chi connectivity index (χ3v) is 5.06. The van der Waals surface area contributed by atoms with Crippen LogP contribution in [-0.4, -0.2) is 41.9 Å². The van der Waals surface area contributed by atoms with Crippen molar-refractivity contribution in [1.82, 2.24) is 15.4 Å². The van der Waals surface area contributed by atoms with Crippen molar-refractivity contribution in [2.45, 2.75) is 53.5 Å². The van der Waals surface area contributed by atoms with Gasteiger partial charge in [-0.3, -0.25) is 4.79 Å². The molecule has 1 N–H and O–H groups in total. The lowest BCUT2D eigenvalue weighted by Crippen LogP contribution is -2.41. The summed E-state index contributed by atoms with van der Waals surface area (Å²) in [5.74, 6) is 1.29. The van der Waals surface area contributed by atoms with Crippen LogP contribution in [0.15, 0.2) is 10.6 Å². The number of rotatable bonds is 7. The van der Waals surface area contributed by atoms with Crippen LogP contribution < -0.4 is 5.32 Å². The van der Waals surface area contributed by atoms with Gasteiger partial charge in [0.15, 0.2) is 0 Å². The number of hydrogen-bond donors (Lipinski definition) is 1. The Bertz CT molecular complexity index is 569. The summed E-state index contributed by atoms with van der Waals surface area (Å²) in [5, 5.41) is 6.79. The van der Waals surface area contributed by atoms with Gasteiger partial charge in [0.05, 0.1) is 6.54 Å². The maximum atomic E-state index is 12.1. The number of nitrogens with zero attached hydrogens (tertiary/aromatic N) is 2. The fourth-order valence-electron chi connectivity index (χ4n) is 3.20. The summed E-state index contributed by atoms with van der Waals surface area (Å²) in [7, 11) is 0. The predicted molar refractivity (Wildman–Crippen MR) is 95.9 cm³/mol. The topological polar surface area (TPSA) is 75.4 Å². The van der Waals surface area contributed by atoms with E-state index in [2.05, 4.69) is 36.1 Å².